The van der Waals surface area contributed by atoms with Crippen LogP contribution in [0.5, 0.6) is 0 Å². The molecule has 2 N–H and O–H groups in total. The summed E-state index contributed by atoms with van der Waals surface area (Å²) in [4.78, 5) is 12.1. The number of hydrogen-bond acceptors (Lipinski definition) is 4. The average molecular weight is 361 g/mol. The maximum absolute atomic E-state index is 6.01. The van der Waals surface area contributed by atoms with Gasteiger partial charge >= 0.3 is 0 Å². The zero-order valence-electron chi connectivity index (χ0n) is 11.7. The van der Waals surface area contributed by atoms with Gasteiger partial charge in [-0.2, -0.15) is 0 Å². The Morgan fingerprint density at radius 3 is 2.61 bits per heavy atom. The van der Waals surface area contributed by atoms with Crippen LogP contribution in [0.2, 0.25) is 10.0 Å². The highest BCUT2D eigenvalue weighted by molar-refractivity contribution is 7.13. The Labute approximate surface area is 146 Å². The Morgan fingerprint density at radius 1 is 1.04 bits per heavy atom. The van der Waals surface area contributed by atoms with Crippen LogP contribution in [0.25, 0.3) is 21.6 Å². The van der Waals surface area contributed by atoms with E-state index in [1.165, 1.54) is 0 Å². The van der Waals surface area contributed by atoms with Crippen LogP contribution in [0.4, 0.5) is 11.6 Å². The van der Waals surface area contributed by atoms with Crippen LogP contribution in [0.15, 0.2) is 48.0 Å². The molecule has 0 aliphatic heterocycles. The van der Waals surface area contributed by atoms with E-state index in [1.807, 2.05) is 23.6 Å². The molecule has 4 nitrogen and oxygen atoms in total. The van der Waals surface area contributed by atoms with Crippen LogP contribution in [0.3, 0.4) is 0 Å². The topological polar surface area (TPSA) is 53.6 Å². The molecule has 0 radical (unpaired) electrons. The van der Waals surface area contributed by atoms with Crippen molar-refractivity contribution in [3.05, 3.63) is 58.0 Å². The molecule has 0 amide bonds. The van der Waals surface area contributed by atoms with Crippen LogP contribution in [0.1, 0.15) is 0 Å². The number of hydrogen-bond donors (Lipinski definition) is 2. The van der Waals surface area contributed by atoms with Crippen LogP contribution >= 0.6 is 34.5 Å². The number of benzene rings is 2. The molecule has 4 rings (SSSR count). The number of rotatable bonds is 3. The summed E-state index contributed by atoms with van der Waals surface area (Å²) in [6.45, 7) is 0. The van der Waals surface area contributed by atoms with E-state index >= 15 is 0 Å². The fraction of sp³-hybridized carbons (Fsp3) is 0. The van der Waals surface area contributed by atoms with Gasteiger partial charge in [0.25, 0.3) is 0 Å². The highest BCUT2D eigenvalue weighted by Crippen LogP contribution is 2.28. The smallest absolute Gasteiger partial charge is 0.205 e. The number of thiazole rings is 1. The molecular formula is C16H10Cl2N4S. The second-order valence-electron chi connectivity index (χ2n) is 4.94. The Bertz CT molecular complexity index is 959. The molecule has 2 aromatic carbocycles. The van der Waals surface area contributed by atoms with E-state index < -0.39 is 0 Å². The SMILES string of the molecule is Clc1cc(Cl)cc(Nc2nc3ccc(-c4nccs4)cc3[nH]2)c1. The molecule has 23 heavy (non-hydrogen) atoms. The predicted molar refractivity (Wildman–Crippen MR) is 96.9 cm³/mol. The summed E-state index contributed by atoms with van der Waals surface area (Å²) in [5.74, 6) is 0.634. The highest BCUT2D eigenvalue weighted by atomic mass is 35.5. The summed E-state index contributed by atoms with van der Waals surface area (Å²) < 4.78 is 0. The van der Waals surface area contributed by atoms with E-state index in [1.54, 1.807) is 35.7 Å². The Hall–Kier alpha value is -2.08. The van der Waals surface area contributed by atoms with Gasteiger partial charge in [0.1, 0.15) is 5.01 Å². The van der Waals surface area contributed by atoms with Crippen molar-refractivity contribution < 1.29 is 0 Å². The van der Waals surface area contributed by atoms with E-state index in [4.69, 9.17) is 23.2 Å². The molecular weight excluding hydrogens is 351 g/mol. The monoisotopic (exact) mass is 360 g/mol. The van der Waals surface area contributed by atoms with Crippen molar-refractivity contribution >= 4 is 57.2 Å². The number of aromatic amines is 1. The number of halogens is 2. The van der Waals surface area contributed by atoms with Gasteiger partial charge in [-0.15, -0.1) is 11.3 Å². The summed E-state index contributed by atoms with van der Waals surface area (Å²) in [7, 11) is 0. The van der Waals surface area contributed by atoms with Gasteiger partial charge in [-0.1, -0.05) is 23.2 Å². The van der Waals surface area contributed by atoms with Crippen molar-refractivity contribution in [1.82, 2.24) is 15.0 Å². The van der Waals surface area contributed by atoms with E-state index in [0.29, 0.717) is 16.0 Å². The molecule has 4 aromatic rings. The second-order valence-corrected chi connectivity index (χ2v) is 6.71. The number of anilines is 2. The van der Waals surface area contributed by atoms with Crippen LogP contribution in [-0.4, -0.2) is 15.0 Å². The molecule has 0 atom stereocenters. The van der Waals surface area contributed by atoms with E-state index in [-0.39, 0.29) is 0 Å². The summed E-state index contributed by atoms with van der Waals surface area (Å²) in [6.07, 6.45) is 1.80. The van der Waals surface area contributed by atoms with Crippen molar-refractivity contribution in [3.8, 4) is 10.6 Å². The van der Waals surface area contributed by atoms with Gasteiger partial charge in [0.2, 0.25) is 5.95 Å². The number of H-pyrrole nitrogens is 1. The molecule has 7 heteroatoms. The number of fused-ring (bicyclic) bond motifs is 1. The van der Waals surface area contributed by atoms with Gasteiger partial charge in [-0.05, 0) is 36.4 Å². The lowest BCUT2D eigenvalue weighted by atomic mass is 10.2. The minimum Gasteiger partial charge on any atom is -0.326 e. The maximum atomic E-state index is 6.01. The molecule has 114 valence electrons. The summed E-state index contributed by atoms with van der Waals surface area (Å²) >= 11 is 13.6. The first-order chi connectivity index (χ1) is 11.2. The predicted octanol–water partition coefficient (Wildman–Crippen LogP) is 5.74. The van der Waals surface area contributed by atoms with Crippen molar-refractivity contribution in [2.75, 3.05) is 5.32 Å². The third kappa shape index (κ3) is 3.03. The van der Waals surface area contributed by atoms with E-state index in [0.717, 1.165) is 27.3 Å². The Kier molecular flexibility index (Phi) is 3.69. The minimum absolute atomic E-state index is 0.571. The first-order valence-corrected chi connectivity index (χ1v) is 8.44. The third-order valence-corrected chi connectivity index (χ3v) is 4.55. The van der Waals surface area contributed by atoms with Crippen molar-refractivity contribution in [2.45, 2.75) is 0 Å². The second kappa shape index (κ2) is 5.85. The Morgan fingerprint density at radius 2 is 1.87 bits per heavy atom. The number of nitrogens with one attached hydrogen (secondary N) is 2. The highest BCUT2D eigenvalue weighted by Gasteiger charge is 2.07. The number of nitrogens with zero attached hydrogens (tertiary/aromatic N) is 2. The Balaban J connectivity index is 1.68. The molecule has 0 aliphatic carbocycles. The van der Waals surface area contributed by atoms with Crippen LogP contribution < -0.4 is 5.32 Å². The first kappa shape index (κ1) is 14.5. The molecule has 2 heterocycles. The normalized spacial score (nSPS) is 11.0. The van der Waals surface area contributed by atoms with E-state index in [9.17, 15) is 0 Å². The maximum Gasteiger partial charge on any atom is 0.205 e. The lowest BCUT2D eigenvalue weighted by Gasteiger charge is -2.03. The molecule has 0 unspecified atom stereocenters. The molecule has 2 aromatic heterocycles. The standard InChI is InChI=1S/C16H10Cl2N4S/c17-10-6-11(18)8-12(7-10)20-16-21-13-2-1-9(5-14(13)22-16)15-19-3-4-23-15/h1-8H,(H2,20,21,22). The molecule has 0 saturated carbocycles. The van der Waals surface area contributed by atoms with Crippen LogP contribution in [-0.2, 0) is 0 Å². The lowest BCUT2D eigenvalue weighted by Crippen LogP contribution is -1.91. The summed E-state index contributed by atoms with van der Waals surface area (Å²) in [6, 6.07) is 11.3. The van der Waals surface area contributed by atoms with Crippen molar-refractivity contribution in [2.24, 2.45) is 0 Å². The fourth-order valence-corrected chi connectivity index (χ4v) is 3.49. The zero-order valence-corrected chi connectivity index (χ0v) is 14.0. The number of imidazole rings is 1. The van der Waals surface area contributed by atoms with Gasteiger partial charge in [0.15, 0.2) is 0 Å². The van der Waals surface area contributed by atoms with Gasteiger partial charge in [-0.3, -0.25) is 0 Å². The van der Waals surface area contributed by atoms with Gasteiger partial charge in [-0.25, -0.2) is 9.97 Å². The van der Waals surface area contributed by atoms with Crippen LogP contribution in [0, 0.1) is 0 Å². The first-order valence-electron chi connectivity index (χ1n) is 6.80. The average Bonchev–Trinajstić information content (AvgIpc) is 3.14. The molecule has 0 spiro atoms. The largest absolute Gasteiger partial charge is 0.326 e. The lowest BCUT2D eigenvalue weighted by molar-refractivity contribution is 1.31. The molecule has 0 aliphatic rings. The van der Waals surface area contributed by atoms with E-state index in [2.05, 4.69) is 20.3 Å². The zero-order chi connectivity index (χ0) is 15.8. The molecule has 0 fully saturated rings. The van der Waals surface area contributed by atoms with Crippen molar-refractivity contribution in [1.29, 1.82) is 0 Å². The minimum atomic E-state index is 0.571. The van der Waals surface area contributed by atoms with Gasteiger partial charge < -0.3 is 10.3 Å². The van der Waals surface area contributed by atoms with Gasteiger partial charge in [0.05, 0.1) is 11.0 Å². The third-order valence-electron chi connectivity index (χ3n) is 3.29. The quantitative estimate of drug-likeness (QED) is 0.489. The van der Waals surface area contributed by atoms with Gasteiger partial charge in [0, 0.05) is 32.9 Å². The fourth-order valence-electron chi connectivity index (χ4n) is 2.33. The molecule has 0 bridgehead atoms. The summed E-state index contributed by atoms with van der Waals surface area (Å²) in [5.41, 5.74) is 3.66. The number of aromatic nitrogens is 3. The molecule has 0 saturated heterocycles. The summed E-state index contributed by atoms with van der Waals surface area (Å²) in [5, 5.41) is 7.27. The van der Waals surface area contributed by atoms with Crippen molar-refractivity contribution in [3.63, 3.8) is 0 Å².